The van der Waals surface area contributed by atoms with Crippen LogP contribution in [0.25, 0.3) is 28.0 Å². The maximum atomic E-state index is 12.9. The number of carbonyl (C=O) groups is 2. The minimum Gasteiger partial charge on any atom is -0.383 e. The summed E-state index contributed by atoms with van der Waals surface area (Å²) < 4.78 is 1.48. The maximum absolute atomic E-state index is 12.9. The van der Waals surface area contributed by atoms with E-state index in [1.807, 2.05) is 24.3 Å². The molecule has 0 aromatic carbocycles. The van der Waals surface area contributed by atoms with Gasteiger partial charge in [0.15, 0.2) is 17.1 Å². The predicted octanol–water partition coefficient (Wildman–Crippen LogP) is 2.74. The van der Waals surface area contributed by atoms with E-state index in [9.17, 15) is 14.4 Å². The van der Waals surface area contributed by atoms with E-state index < -0.39 is 11.5 Å². The Morgan fingerprint density at radius 2 is 1.85 bits per heavy atom. The molecule has 200 valence electrons. The molecule has 5 aromatic rings. The number of hydrogen-bond acceptors (Lipinski definition) is 9. The number of ketones is 1. The lowest BCUT2D eigenvalue weighted by Gasteiger charge is -2.32. The Hall–Kier alpha value is -5.26. The second-order valence-corrected chi connectivity index (χ2v) is 9.61. The van der Waals surface area contributed by atoms with E-state index in [0.717, 1.165) is 22.4 Å². The van der Waals surface area contributed by atoms with Crippen LogP contribution in [0.3, 0.4) is 0 Å². The van der Waals surface area contributed by atoms with Crippen LogP contribution in [0.2, 0.25) is 0 Å². The van der Waals surface area contributed by atoms with E-state index in [2.05, 4.69) is 25.0 Å². The number of fused-ring (bicyclic) bond motifs is 1. The number of nitrogens with one attached hydrogen (secondary N) is 1. The van der Waals surface area contributed by atoms with E-state index in [0.29, 0.717) is 42.8 Å². The van der Waals surface area contributed by atoms with Gasteiger partial charge >= 0.3 is 0 Å². The van der Waals surface area contributed by atoms with Crippen LogP contribution in [0, 0.1) is 0 Å². The molecule has 12 heteroatoms. The number of H-pyrrole nitrogens is 1. The van der Waals surface area contributed by atoms with Gasteiger partial charge in [0.2, 0.25) is 0 Å². The van der Waals surface area contributed by atoms with Crippen molar-refractivity contribution >= 4 is 23.2 Å². The molecule has 1 aliphatic rings. The highest BCUT2D eigenvalue weighted by Crippen LogP contribution is 2.35. The molecule has 6 heterocycles. The van der Waals surface area contributed by atoms with Crippen LogP contribution in [0.1, 0.15) is 52.2 Å². The summed E-state index contributed by atoms with van der Waals surface area (Å²) in [6, 6.07) is 7.64. The third-order valence-corrected chi connectivity index (χ3v) is 7.17. The second kappa shape index (κ2) is 10.1. The average Bonchev–Trinajstić information content (AvgIpc) is 3.42. The molecule has 0 saturated carbocycles. The number of pyridine rings is 2. The molecule has 1 amide bonds. The molecule has 0 spiro atoms. The summed E-state index contributed by atoms with van der Waals surface area (Å²) in [7, 11) is 0. The standard InChI is InChI=1S/C28H25N9O3/c1-16(38)22-23(17-6-11-36(12-7-17)28(40)24-27(39)32-10-9-31-24)35-26-20(15-34-37(26)25(22)29)18-4-5-21(33-14-18)19-3-2-8-30-13-19/h2-5,8-10,13-15,17H,6-7,11-12,29H2,1H3,(H,32,39). The van der Waals surface area contributed by atoms with Crippen molar-refractivity contribution in [2.45, 2.75) is 25.7 Å². The molecule has 0 atom stereocenters. The maximum Gasteiger partial charge on any atom is 0.279 e. The molecule has 5 aromatic heterocycles. The Morgan fingerprint density at radius 1 is 1.02 bits per heavy atom. The van der Waals surface area contributed by atoms with Crippen molar-refractivity contribution in [1.29, 1.82) is 0 Å². The first kappa shape index (κ1) is 25.0. The van der Waals surface area contributed by atoms with Crippen LogP contribution in [-0.2, 0) is 0 Å². The molecule has 3 N–H and O–H groups in total. The van der Waals surface area contributed by atoms with Crippen LogP contribution >= 0.6 is 0 Å². The van der Waals surface area contributed by atoms with Crippen LogP contribution < -0.4 is 11.3 Å². The number of nitrogen functional groups attached to an aromatic ring is 1. The van der Waals surface area contributed by atoms with Gasteiger partial charge in [-0.1, -0.05) is 6.07 Å². The fraction of sp³-hybridized carbons (Fsp3) is 0.214. The Balaban J connectivity index is 1.32. The third kappa shape index (κ3) is 4.38. The van der Waals surface area contributed by atoms with Gasteiger partial charge in [0.25, 0.3) is 11.5 Å². The monoisotopic (exact) mass is 535 g/mol. The first-order valence-corrected chi connectivity index (χ1v) is 12.8. The normalized spacial score (nSPS) is 14.0. The van der Waals surface area contributed by atoms with E-state index >= 15 is 0 Å². The molecular weight excluding hydrogens is 510 g/mol. The number of hydrogen-bond donors (Lipinski definition) is 2. The minimum absolute atomic E-state index is 0.119. The molecule has 1 saturated heterocycles. The number of amides is 1. The third-order valence-electron chi connectivity index (χ3n) is 7.17. The second-order valence-electron chi connectivity index (χ2n) is 9.61. The summed E-state index contributed by atoms with van der Waals surface area (Å²) >= 11 is 0. The Labute approximate surface area is 228 Å². The van der Waals surface area contributed by atoms with Crippen molar-refractivity contribution in [3.8, 4) is 22.4 Å². The quantitative estimate of drug-likeness (QED) is 0.322. The largest absolute Gasteiger partial charge is 0.383 e. The number of anilines is 1. The highest BCUT2D eigenvalue weighted by Gasteiger charge is 2.31. The van der Waals surface area contributed by atoms with Gasteiger partial charge < -0.3 is 15.6 Å². The van der Waals surface area contributed by atoms with Gasteiger partial charge in [0.1, 0.15) is 5.82 Å². The summed E-state index contributed by atoms with van der Waals surface area (Å²) in [6.07, 6.45) is 10.7. The van der Waals surface area contributed by atoms with Crippen molar-refractivity contribution < 1.29 is 9.59 Å². The average molecular weight is 536 g/mol. The molecule has 1 fully saturated rings. The number of piperidine rings is 1. The van der Waals surface area contributed by atoms with Crippen LogP contribution in [-0.4, -0.2) is 64.2 Å². The van der Waals surface area contributed by atoms with Crippen molar-refractivity contribution in [2.24, 2.45) is 0 Å². The van der Waals surface area contributed by atoms with Gasteiger partial charge in [-0.15, -0.1) is 0 Å². The lowest BCUT2D eigenvalue weighted by atomic mass is 9.89. The summed E-state index contributed by atoms with van der Waals surface area (Å²) in [5, 5.41) is 4.43. The topological polar surface area (TPSA) is 165 Å². The number of nitrogens with zero attached hydrogens (tertiary/aromatic N) is 7. The van der Waals surface area contributed by atoms with Gasteiger partial charge in [-0.3, -0.25) is 24.4 Å². The van der Waals surface area contributed by atoms with Crippen LogP contribution in [0.5, 0.6) is 0 Å². The van der Waals surface area contributed by atoms with Crippen molar-refractivity contribution in [3.05, 3.63) is 88.8 Å². The Kier molecular flexibility index (Phi) is 6.34. The summed E-state index contributed by atoms with van der Waals surface area (Å²) in [5.74, 6) is -0.529. The fourth-order valence-electron chi connectivity index (χ4n) is 5.14. The van der Waals surface area contributed by atoms with E-state index in [1.165, 1.54) is 23.8 Å². The highest BCUT2D eigenvalue weighted by molar-refractivity contribution is 6.00. The van der Waals surface area contributed by atoms with E-state index in [-0.39, 0.29) is 23.2 Å². The predicted molar refractivity (Wildman–Crippen MR) is 147 cm³/mol. The zero-order valence-corrected chi connectivity index (χ0v) is 21.6. The summed E-state index contributed by atoms with van der Waals surface area (Å²) in [6.45, 7) is 2.23. The lowest BCUT2D eigenvalue weighted by molar-refractivity contribution is 0.0703. The zero-order chi connectivity index (χ0) is 27.8. The van der Waals surface area contributed by atoms with Gasteiger partial charge in [-0.25, -0.2) is 9.97 Å². The fourth-order valence-corrected chi connectivity index (χ4v) is 5.14. The SMILES string of the molecule is CC(=O)c1c(C2CCN(C(=O)c3ncc[nH]c3=O)CC2)nc2c(-c3ccc(-c4cccnc4)nc3)cnn2c1N. The highest BCUT2D eigenvalue weighted by atomic mass is 16.2. The molecule has 1 aliphatic heterocycles. The molecule has 12 nitrogen and oxygen atoms in total. The molecule has 6 rings (SSSR count). The molecule has 0 bridgehead atoms. The number of Topliss-reactive ketones (excluding diaryl/α,β-unsaturated/α-hetero) is 1. The van der Waals surface area contributed by atoms with Crippen molar-refractivity contribution in [3.63, 3.8) is 0 Å². The molecule has 0 radical (unpaired) electrons. The zero-order valence-electron chi connectivity index (χ0n) is 21.6. The lowest BCUT2D eigenvalue weighted by Crippen LogP contribution is -2.41. The van der Waals surface area contributed by atoms with Gasteiger partial charge in [0, 0.05) is 66.7 Å². The number of aromatic amines is 1. The van der Waals surface area contributed by atoms with Gasteiger partial charge in [-0.05, 0) is 38.0 Å². The van der Waals surface area contributed by atoms with Gasteiger partial charge in [0.05, 0.1) is 23.1 Å². The van der Waals surface area contributed by atoms with Gasteiger partial charge in [-0.2, -0.15) is 9.61 Å². The number of nitrogens with two attached hydrogens (primary N) is 1. The van der Waals surface area contributed by atoms with Crippen molar-refractivity contribution in [2.75, 3.05) is 18.8 Å². The van der Waals surface area contributed by atoms with Crippen LogP contribution in [0.15, 0.2) is 66.2 Å². The van der Waals surface area contributed by atoms with Crippen LogP contribution in [0.4, 0.5) is 5.82 Å². The van der Waals surface area contributed by atoms with Crippen molar-refractivity contribution in [1.82, 2.24) is 39.4 Å². The number of aromatic nitrogens is 7. The number of carbonyl (C=O) groups excluding carboxylic acids is 2. The molecule has 0 unspecified atom stereocenters. The van der Waals surface area contributed by atoms with E-state index in [1.54, 1.807) is 29.7 Å². The number of rotatable bonds is 5. The minimum atomic E-state index is -0.524. The smallest absolute Gasteiger partial charge is 0.279 e. The summed E-state index contributed by atoms with van der Waals surface area (Å²) in [4.78, 5) is 59.4. The van der Waals surface area contributed by atoms with E-state index in [4.69, 9.17) is 10.7 Å². The molecule has 40 heavy (non-hydrogen) atoms. The molecular formula is C28H25N9O3. The first-order chi connectivity index (χ1) is 19.4. The molecule has 0 aliphatic carbocycles. The Bertz CT molecular complexity index is 1790. The Morgan fingerprint density at radius 3 is 2.52 bits per heavy atom. The first-order valence-electron chi connectivity index (χ1n) is 12.8. The number of likely N-dealkylation sites (tertiary alicyclic amines) is 1. The summed E-state index contributed by atoms with van der Waals surface area (Å²) in [5.41, 5.74) is 10.5.